The SMILES string of the molecule is C=CCN1C(=O)NC(=O)/C(=C/c2ccccc2OCCOc2ccc(C(C)(C)C)cc2)C1=O. The van der Waals surface area contributed by atoms with E-state index in [1.807, 2.05) is 24.3 Å². The summed E-state index contributed by atoms with van der Waals surface area (Å²) in [5.74, 6) is -0.189. The fourth-order valence-corrected chi connectivity index (χ4v) is 3.24. The van der Waals surface area contributed by atoms with Gasteiger partial charge in [-0.25, -0.2) is 4.79 Å². The summed E-state index contributed by atoms with van der Waals surface area (Å²) in [5, 5.41) is 2.17. The molecule has 0 aliphatic carbocycles. The number of rotatable bonds is 8. The molecule has 0 spiro atoms. The fraction of sp³-hybridized carbons (Fsp3) is 0.269. The van der Waals surface area contributed by atoms with Gasteiger partial charge in [0, 0.05) is 12.1 Å². The van der Waals surface area contributed by atoms with Gasteiger partial charge in [0.15, 0.2) is 0 Å². The van der Waals surface area contributed by atoms with Crippen LogP contribution in [0, 0.1) is 0 Å². The predicted octanol–water partition coefficient (Wildman–Crippen LogP) is 4.09. The summed E-state index contributed by atoms with van der Waals surface area (Å²) in [4.78, 5) is 37.7. The first kappa shape index (κ1) is 23.8. The average Bonchev–Trinajstić information content (AvgIpc) is 2.77. The second kappa shape index (κ2) is 10.2. The molecule has 0 aromatic heterocycles. The van der Waals surface area contributed by atoms with Crippen molar-refractivity contribution >= 4 is 23.9 Å². The second-order valence-corrected chi connectivity index (χ2v) is 8.53. The highest BCUT2D eigenvalue weighted by atomic mass is 16.5. The number of hydrogen-bond donors (Lipinski definition) is 1. The molecule has 2 aromatic rings. The van der Waals surface area contributed by atoms with Crippen molar-refractivity contribution < 1.29 is 23.9 Å². The number of carbonyl (C=O) groups excluding carboxylic acids is 3. The summed E-state index contributed by atoms with van der Waals surface area (Å²) >= 11 is 0. The van der Waals surface area contributed by atoms with Gasteiger partial charge in [-0.2, -0.15) is 0 Å². The molecule has 1 N–H and O–H groups in total. The summed E-state index contributed by atoms with van der Waals surface area (Å²) < 4.78 is 11.6. The van der Waals surface area contributed by atoms with Crippen LogP contribution < -0.4 is 14.8 Å². The van der Waals surface area contributed by atoms with Gasteiger partial charge in [-0.3, -0.25) is 19.8 Å². The Morgan fingerprint density at radius 1 is 0.970 bits per heavy atom. The zero-order chi connectivity index (χ0) is 24.0. The van der Waals surface area contributed by atoms with Gasteiger partial charge in [0.25, 0.3) is 11.8 Å². The third-order valence-electron chi connectivity index (χ3n) is 5.05. The zero-order valence-corrected chi connectivity index (χ0v) is 19.1. The van der Waals surface area contributed by atoms with Gasteiger partial charge in [-0.05, 0) is 35.3 Å². The number of carbonyl (C=O) groups is 3. The third kappa shape index (κ3) is 5.88. The van der Waals surface area contributed by atoms with Crippen LogP contribution in [-0.4, -0.2) is 42.5 Å². The molecule has 1 fully saturated rings. The van der Waals surface area contributed by atoms with Crippen LogP contribution in [0.2, 0.25) is 0 Å². The lowest BCUT2D eigenvalue weighted by atomic mass is 9.87. The van der Waals surface area contributed by atoms with Crippen LogP contribution in [0.1, 0.15) is 31.9 Å². The second-order valence-electron chi connectivity index (χ2n) is 8.53. The van der Waals surface area contributed by atoms with Crippen molar-refractivity contribution in [3.8, 4) is 11.5 Å². The Kier molecular flexibility index (Phi) is 7.33. The van der Waals surface area contributed by atoms with E-state index in [1.54, 1.807) is 24.3 Å². The Hall–Kier alpha value is -3.87. The molecule has 3 rings (SSSR count). The number of urea groups is 1. The third-order valence-corrected chi connectivity index (χ3v) is 5.05. The van der Waals surface area contributed by atoms with Crippen LogP contribution in [0.3, 0.4) is 0 Å². The summed E-state index contributed by atoms with van der Waals surface area (Å²) in [6, 6.07) is 14.2. The number of benzene rings is 2. The molecule has 2 aromatic carbocycles. The van der Waals surface area contributed by atoms with Crippen molar-refractivity contribution in [2.24, 2.45) is 0 Å². The minimum Gasteiger partial charge on any atom is -0.490 e. The van der Waals surface area contributed by atoms with Crippen LogP contribution in [0.5, 0.6) is 11.5 Å². The largest absolute Gasteiger partial charge is 0.490 e. The lowest BCUT2D eigenvalue weighted by Gasteiger charge is -2.25. The maximum atomic E-state index is 12.6. The maximum Gasteiger partial charge on any atom is 0.331 e. The number of barbiturate groups is 1. The zero-order valence-electron chi connectivity index (χ0n) is 19.1. The summed E-state index contributed by atoms with van der Waals surface area (Å²) in [7, 11) is 0. The number of hydrogen-bond acceptors (Lipinski definition) is 5. The first-order valence-electron chi connectivity index (χ1n) is 10.7. The minimum absolute atomic E-state index is 0.00149. The molecule has 1 aliphatic rings. The molecule has 33 heavy (non-hydrogen) atoms. The molecular weight excluding hydrogens is 420 g/mol. The first-order valence-corrected chi connectivity index (χ1v) is 10.7. The van der Waals surface area contributed by atoms with Crippen molar-refractivity contribution in [1.82, 2.24) is 10.2 Å². The van der Waals surface area contributed by atoms with Crippen molar-refractivity contribution in [3.05, 3.63) is 77.9 Å². The molecule has 0 unspecified atom stereocenters. The maximum absolute atomic E-state index is 12.6. The molecule has 172 valence electrons. The van der Waals surface area contributed by atoms with Gasteiger partial charge in [0.05, 0.1) is 0 Å². The number of para-hydroxylation sites is 1. The molecule has 0 bridgehead atoms. The standard InChI is InChI=1S/C26H28N2O5/c1-5-14-28-24(30)21(23(29)27-25(28)31)17-18-8-6-7-9-22(18)33-16-15-32-20-12-10-19(11-13-20)26(2,3)4/h5-13,17H,1,14-16H2,2-4H3,(H,27,29,31)/b21-17-. The van der Waals surface area contributed by atoms with Gasteiger partial charge in [-0.15, -0.1) is 6.58 Å². The lowest BCUT2D eigenvalue weighted by molar-refractivity contribution is -0.129. The van der Waals surface area contributed by atoms with E-state index in [0.717, 1.165) is 10.6 Å². The smallest absolute Gasteiger partial charge is 0.331 e. The normalized spacial score (nSPS) is 15.4. The molecule has 0 radical (unpaired) electrons. The molecule has 7 heteroatoms. The van der Waals surface area contributed by atoms with Crippen LogP contribution in [0.4, 0.5) is 4.79 Å². The predicted molar refractivity (Wildman–Crippen MR) is 126 cm³/mol. The Balaban J connectivity index is 1.66. The molecule has 0 atom stereocenters. The minimum atomic E-state index is -0.765. The molecular formula is C26H28N2O5. The van der Waals surface area contributed by atoms with E-state index in [9.17, 15) is 14.4 Å². The van der Waals surface area contributed by atoms with Gasteiger partial charge >= 0.3 is 6.03 Å². The number of ether oxygens (including phenoxy) is 2. The van der Waals surface area contributed by atoms with Crippen molar-refractivity contribution in [2.75, 3.05) is 19.8 Å². The van der Waals surface area contributed by atoms with Crippen LogP contribution in [0.15, 0.2) is 66.8 Å². The van der Waals surface area contributed by atoms with Crippen molar-refractivity contribution in [3.63, 3.8) is 0 Å². The van der Waals surface area contributed by atoms with Gasteiger partial charge in [-0.1, -0.05) is 57.2 Å². The number of imide groups is 2. The van der Waals surface area contributed by atoms with Gasteiger partial charge in [0.2, 0.25) is 0 Å². The van der Waals surface area contributed by atoms with E-state index in [2.05, 4.69) is 32.7 Å². The Morgan fingerprint density at radius 3 is 2.30 bits per heavy atom. The van der Waals surface area contributed by atoms with Gasteiger partial charge < -0.3 is 9.47 Å². The number of nitrogens with zero attached hydrogens (tertiary/aromatic N) is 1. The van der Waals surface area contributed by atoms with E-state index in [1.165, 1.54) is 17.7 Å². The first-order chi connectivity index (χ1) is 15.7. The van der Waals surface area contributed by atoms with Crippen molar-refractivity contribution in [2.45, 2.75) is 26.2 Å². The summed E-state index contributed by atoms with van der Waals surface area (Å²) in [6.07, 6.45) is 2.83. The number of amides is 4. The molecule has 1 saturated heterocycles. The summed E-state index contributed by atoms with van der Waals surface area (Å²) in [5.41, 5.74) is 1.69. The van der Waals surface area contributed by atoms with Crippen LogP contribution in [0.25, 0.3) is 6.08 Å². The molecule has 0 saturated carbocycles. The molecule has 1 aliphatic heterocycles. The van der Waals surface area contributed by atoms with E-state index in [0.29, 0.717) is 17.9 Å². The highest BCUT2D eigenvalue weighted by Gasteiger charge is 2.35. The quantitative estimate of drug-likeness (QED) is 0.285. The monoisotopic (exact) mass is 448 g/mol. The molecule has 4 amide bonds. The van der Waals surface area contributed by atoms with Crippen molar-refractivity contribution in [1.29, 1.82) is 0 Å². The van der Waals surface area contributed by atoms with E-state index in [4.69, 9.17) is 9.47 Å². The van der Waals surface area contributed by atoms with E-state index in [-0.39, 0.29) is 24.1 Å². The lowest BCUT2D eigenvalue weighted by Crippen LogP contribution is -2.54. The van der Waals surface area contributed by atoms with Crippen LogP contribution in [-0.2, 0) is 15.0 Å². The summed E-state index contributed by atoms with van der Waals surface area (Å²) in [6.45, 7) is 10.6. The van der Waals surface area contributed by atoms with Gasteiger partial charge in [0.1, 0.15) is 30.3 Å². The number of nitrogens with one attached hydrogen (secondary N) is 1. The highest BCUT2D eigenvalue weighted by Crippen LogP contribution is 2.25. The Labute approximate surface area is 193 Å². The fourth-order valence-electron chi connectivity index (χ4n) is 3.24. The Bertz CT molecular complexity index is 1080. The molecule has 1 heterocycles. The topological polar surface area (TPSA) is 84.9 Å². The van der Waals surface area contributed by atoms with E-state index < -0.39 is 17.8 Å². The Morgan fingerprint density at radius 2 is 1.64 bits per heavy atom. The van der Waals surface area contributed by atoms with Crippen LogP contribution >= 0.6 is 0 Å². The average molecular weight is 449 g/mol. The molecule has 7 nitrogen and oxygen atoms in total. The highest BCUT2D eigenvalue weighted by molar-refractivity contribution is 6.31. The van der Waals surface area contributed by atoms with E-state index >= 15 is 0 Å².